The second kappa shape index (κ2) is 12.1. The first kappa shape index (κ1) is 30.3. The Morgan fingerprint density at radius 1 is 0.259 bits per heavy atom. The van der Waals surface area contributed by atoms with Gasteiger partial charge in [0.15, 0.2) is 17.5 Å². The van der Waals surface area contributed by atoms with Crippen molar-refractivity contribution in [2.45, 2.75) is 0 Å². The SMILES string of the molecule is c1ccc(-c2nc(-c3ccc4ccc(-c5ccc6c7ccccc7c7ccccc7c6c5)cc4c3)nc(-c3cnc4c(ccc5ccccc54)c3)n2)cc1. The van der Waals surface area contributed by atoms with Crippen LogP contribution in [-0.2, 0) is 0 Å². The molecule has 0 N–H and O–H groups in total. The molecule has 0 fully saturated rings. The van der Waals surface area contributed by atoms with Gasteiger partial charge in [0.1, 0.15) is 0 Å². The standard InChI is InChI=1S/C50H30N4/c1-2-11-33(12-3-1)48-52-49(54-50(53-48)39-27-36-22-20-32-10-4-5-13-40(32)47(36)51-30-39)37-23-19-31-18-21-34(26-38(31)28-37)35-24-25-45-43-16-7-6-14-41(43)42-15-8-9-17-44(42)46(45)29-35/h1-30H. The van der Waals surface area contributed by atoms with E-state index >= 15 is 0 Å². The van der Waals surface area contributed by atoms with Crippen molar-refractivity contribution >= 4 is 64.8 Å². The van der Waals surface area contributed by atoms with Gasteiger partial charge in [0, 0.05) is 33.7 Å². The van der Waals surface area contributed by atoms with Gasteiger partial charge in [-0.05, 0) is 83.9 Å². The van der Waals surface area contributed by atoms with Gasteiger partial charge in [-0.15, -0.1) is 0 Å². The number of rotatable bonds is 4. The highest BCUT2D eigenvalue weighted by atomic mass is 15.0. The van der Waals surface area contributed by atoms with Gasteiger partial charge in [0.05, 0.1) is 5.52 Å². The highest BCUT2D eigenvalue weighted by molar-refractivity contribution is 6.25. The quantitative estimate of drug-likeness (QED) is 0.173. The Kier molecular flexibility index (Phi) is 6.82. The van der Waals surface area contributed by atoms with E-state index in [1.807, 2.05) is 36.5 Å². The lowest BCUT2D eigenvalue weighted by Gasteiger charge is -2.13. The second-order valence-electron chi connectivity index (χ2n) is 13.9. The summed E-state index contributed by atoms with van der Waals surface area (Å²) in [6.07, 6.45) is 1.88. The topological polar surface area (TPSA) is 51.6 Å². The predicted octanol–water partition coefficient (Wildman–Crippen LogP) is 12.9. The summed E-state index contributed by atoms with van der Waals surface area (Å²) in [5.41, 5.74) is 6.01. The van der Waals surface area contributed by atoms with Crippen LogP contribution in [0.25, 0.3) is 110 Å². The molecule has 0 radical (unpaired) electrons. The fourth-order valence-electron chi connectivity index (χ4n) is 8.00. The minimum absolute atomic E-state index is 0.589. The zero-order chi connectivity index (χ0) is 35.6. The molecule has 11 rings (SSSR count). The minimum Gasteiger partial charge on any atom is -0.255 e. The van der Waals surface area contributed by atoms with Gasteiger partial charge in [0.2, 0.25) is 0 Å². The molecule has 4 heteroatoms. The molecule has 0 aliphatic carbocycles. The summed E-state index contributed by atoms with van der Waals surface area (Å²) in [5, 5.41) is 13.3. The largest absolute Gasteiger partial charge is 0.255 e. The van der Waals surface area contributed by atoms with E-state index in [0.29, 0.717) is 17.5 Å². The molecule has 0 atom stereocenters. The van der Waals surface area contributed by atoms with Gasteiger partial charge in [-0.1, -0.05) is 152 Å². The van der Waals surface area contributed by atoms with Crippen LogP contribution in [0.5, 0.6) is 0 Å². The lowest BCUT2D eigenvalue weighted by Crippen LogP contribution is -2.00. The maximum atomic E-state index is 5.08. The van der Waals surface area contributed by atoms with Crippen LogP contribution in [0.4, 0.5) is 0 Å². The summed E-state index contributed by atoms with van der Waals surface area (Å²) in [5.74, 6) is 1.83. The maximum absolute atomic E-state index is 5.08. The van der Waals surface area contributed by atoms with Crippen molar-refractivity contribution < 1.29 is 0 Å². The highest BCUT2D eigenvalue weighted by Crippen LogP contribution is 2.38. The molecule has 2 aromatic heterocycles. The first-order valence-corrected chi connectivity index (χ1v) is 18.2. The van der Waals surface area contributed by atoms with Crippen molar-refractivity contribution in [1.29, 1.82) is 0 Å². The Morgan fingerprint density at radius 2 is 0.741 bits per heavy atom. The van der Waals surface area contributed by atoms with Gasteiger partial charge in [-0.3, -0.25) is 4.98 Å². The van der Waals surface area contributed by atoms with Crippen molar-refractivity contribution in [2.24, 2.45) is 0 Å². The fourth-order valence-corrected chi connectivity index (χ4v) is 8.00. The van der Waals surface area contributed by atoms with Crippen molar-refractivity contribution in [3.8, 4) is 45.3 Å². The third kappa shape index (κ3) is 5.00. The van der Waals surface area contributed by atoms with Crippen LogP contribution < -0.4 is 0 Å². The molecule has 0 bridgehead atoms. The normalized spacial score (nSPS) is 11.7. The molecular formula is C50H30N4. The van der Waals surface area contributed by atoms with Crippen LogP contribution in [0, 0.1) is 0 Å². The van der Waals surface area contributed by atoms with E-state index < -0.39 is 0 Å². The summed E-state index contributed by atoms with van der Waals surface area (Å²) < 4.78 is 0. The van der Waals surface area contributed by atoms with E-state index in [9.17, 15) is 0 Å². The number of benzene rings is 9. The lowest BCUT2D eigenvalue weighted by atomic mass is 9.91. The van der Waals surface area contributed by atoms with E-state index in [-0.39, 0.29) is 0 Å². The Morgan fingerprint density at radius 3 is 1.48 bits per heavy atom. The lowest BCUT2D eigenvalue weighted by molar-refractivity contribution is 1.07. The Bertz CT molecular complexity index is 3240. The molecule has 0 amide bonds. The molecule has 11 aromatic rings. The summed E-state index contributed by atoms with van der Waals surface area (Å²) in [6, 6.07) is 62.3. The maximum Gasteiger partial charge on any atom is 0.165 e. The number of hydrogen-bond donors (Lipinski definition) is 0. The van der Waals surface area contributed by atoms with E-state index in [0.717, 1.165) is 49.3 Å². The predicted molar refractivity (Wildman–Crippen MR) is 224 cm³/mol. The van der Waals surface area contributed by atoms with Crippen LogP contribution in [0.1, 0.15) is 0 Å². The third-order valence-corrected chi connectivity index (χ3v) is 10.7. The van der Waals surface area contributed by atoms with Crippen molar-refractivity contribution in [1.82, 2.24) is 19.9 Å². The number of nitrogens with zero attached hydrogens (tertiary/aromatic N) is 4. The van der Waals surface area contributed by atoms with Crippen LogP contribution in [0.3, 0.4) is 0 Å². The molecule has 0 aliphatic heterocycles. The Labute approximate surface area is 311 Å². The molecule has 9 aromatic carbocycles. The van der Waals surface area contributed by atoms with Gasteiger partial charge in [-0.2, -0.15) is 0 Å². The second-order valence-corrected chi connectivity index (χ2v) is 13.9. The van der Waals surface area contributed by atoms with Crippen LogP contribution >= 0.6 is 0 Å². The minimum atomic E-state index is 0.589. The smallest absolute Gasteiger partial charge is 0.165 e. The van der Waals surface area contributed by atoms with E-state index in [2.05, 4.69) is 146 Å². The number of fused-ring (bicyclic) bond motifs is 10. The van der Waals surface area contributed by atoms with Crippen molar-refractivity contribution in [3.05, 3.63) is 182 Å². The molecule has 0 unspecified atom stereocenters. The number of hydrogen-bond acceptors (Lipinski definition) is 4. The Balaban J connectivity index is 1.04. The molecule has 250 valence electrons. The van der Waals surface area contributed by atoms with Gasteiger partial charge in [-0.25, -0.2) is 15.0 Å². The highest BCUT2D eigenvalue weighted by Gasteiger charge is 2.15. The summed E-state index contributed by atoms with van der Waals surface area (Å²) in [6.45, 7) is 0. The first-order valence-electron chi connectivity index (χ1n) is 18.2. The molecule has 54 heavy (non-hydrogen) atoms. The Hall–Kier alpha value is -7.30. The summed E-state index contributed by atoms with van der Waals surface area (Å²) in [7, 11) is 0. The number of aromatic nitrogens is 4. The first-order chi connectivity index (χ1) is 26.7. The molecule has 0 saturated carbocycles. The summed E-state index contributed by atoms with van der Waals surface area (Å²) >= 11 is 0. The average molecular weight is 687 g/mol. The van der Waals surface area contributed by atoms with Gasteiger partial charge < -0.3 is 0 Å². The average Bonchev–Trinajstić information content (AvgIpc) is 3.26. The molecule has 0 spiro atoms. The third-order valence-electron chi connectivity index (χ3n) is 10.7. The van der Waals surface area contributed by atoms with Crippen molar-refractivity contribution in [2.75, 3.05) is 0 Å². The molecular weight excluding hydrogens is 657 g/mol. The van der Waals surface area contributed by atoms with E-state index in [1.165, 1.54) is 43.3 Å². The van der Waals surface area contributed by atoms with Crippen molar-refractivity contribution in [3.63, 3.8) is 0 Å². The van der Waals surface area contributed by atoms with E-state index in [4.69, 9.17) is 19.9 Å². The summed E-state index contributed by atoms with van der Waals surface area (Å²) in [4.78, 5) is 20.0. The number of pyridine rings is 1. The van der Waals surface area contributed by atoms with Gasteiger partial charge >= 0.3 is 0 Å². The van der Waals surface area contributed by atoms with Crippen LogP contribution in [0.2, 0.25) is 0 Å². The monoisotopic (exact) mass is 686 g/mol. The molecule has 2 heterocycles. The van der Waals surface area contributed by atoms with E-state index in [1.54, 1.807) is 0 Å². The van der Waals surface area contributed by atoms with Gasteiger partial charge in [0.25, 0.3) is 0 Å². The zero-order valence-corrected chi connectivity index (χ0v) is 29.1. The van der Waals surface area contributed by atoms with Crippen LogP contribution in [0.15, 0.2) is 182 Å². The zero-order valence-electron chi connectivity index (χ0n) is 29.1. The fraction of sp³-hybridized carbons (Fsp3) is 0. The molecule has 0 saturated heterocycles. The molecule has 4 nitrogen and oxygen atoms in total. The molecule has 0 aliphatic rings. The van der Waals surface area contributed by atoms with Crippen LogP contribution in [-0.4, -0.2) is 19.9 Å².